The van der Waals surface area contributed by atoms with Gasteiger partial charge in [0.25, 0.3) is 0 Å². The van der Waals surface area contributed by atoms with Crippen LogP contribution in [0.5, 0.6) is 0 Å². The number of aliphatic hydroxyl groups is 1. The Morgan fingerprint density at radius 1 is 1.56 bits per heavy atom. The predicted molar refractivity (Wildman–Crippen MR) is 69.2 cm³/mol. The third kappa shape index (κ3) is 5.20. The van der Waals surface area contributed by atoms with Gasteiger partial charge in [-0.05, 0) is 25.2 Å². The van der Waals surface area contributed by atoms with Crippen molar-refractivity contribution in [1.29, 1.82) is 0 Å². The number of amides is 1. The zero-order valence-electron chi connectivity index (χ0n) is 11.1. The van der Waals surface area contributed by atoms with Crippen molar-refractivity contribution in [2.75, 3.05) is 39.9 Å². The number of piperidine rings is 1. The summed E-state index contributed by atoms with van der Waals surface area (Å²) in [5.41, 5.74) is 5.58. The number of ether oxygens (including phenoxy) is 1. The van der Waals surface area contributed by atoms with Gasteiger partial charge in [-0.1, -0.05) is 0 Å². The standard InChI is InChI=1S/C12H25N3O3/c1-18-12(17)14-11-7-10(3-2-6-16)8-15(9-11)5-4-13/h10-11,16H,2-9,13H2,1H3,(H,14,17). The third-order valence-corrected chi connectivity index (χ3v) is 3.34. The minimum absolute atomic E-state index is 0.112. The summed E-state index contributed by atoms with van der Waals surface area (Å²) in [6, 6.07) is 0.112. The van der Waals surface area contributed by atoms with Crippen molar-refractivity contribution in [2.24, 2.45) is 11.7 Å². The first-order chi connectivity index (χ1) is 8.69. The van der Waals surface area contributed by atoms with Crippen molar-refractivity contribution in [2.45, 2.75) is 25.3 Å². The zero-order chi connectivity index (χ0) is 13.4. The molecule has 0 aromatic heterocycles. The van der Waals surface area contributed by atoms with Crippen LogP contribution in [0.15, 0.2) is 0 Å². The number of alkyl carbamates (subject to hydrolysis) is 1. The highest BCUT2D eigenvalue weighted by atomic mass is 16.5. The van der Waals surface area contributed by atoms with E-state index in [9.17, 15) is 4.79 Å². The van der Waals surface area contributed by atoms with Gasteiger partial charge in [0, 0.05) is 38.8 Å². The summed E-state index contributed by atoms with van der Waals surface area (Å²) in [4.78, 5) is 13.5. The minimum atomic E-state index is -0.379. The van der Waals surface area contributed by atoms with Crippen molar-refractivity contribution in [1.82, 2.24) is 10.2 Å². The highest BCUT2D eigenvalue weighted by Crippen LogP contribution is 2.21. The number of rotatable bonds is 6. The van der Waals surface area contributed by atoms with Gasteiger partial charge in [0.1, 0.15) is 0 Å². The molecule has 0 aromatic carbocycles. The molecule has 1 amide bonds. The van der Waals surface area contributed by atoms with Gasteiger partial charge in [0.15, 0.2) is 0 Å². The largest absolute Gasteiger partial charge is 0.453 e. The maximum absolute atomic E-state index is 11.2. The van der Waals surface area contributed by atoms with Crippen molar-refractivity contribution in [3.05, 3.63) is 0 Å². The molecule has 1 aliphatic heterocycles. The molecule has 6 heteroatoms. The van der Waals surface area contributed by atoms with Crippen LogP contribution in [0.25, 0.3) is 0 Å². The maximum Gasteiger partial charge on any atom is 0.407 e. The summed E-state index contributed by atoms with van der Waals surface area (Å²) in [6.07, 6.45) is 2.36. The fourth-order valence-corrected chi connectivity index (χ4v) is 2.59. The van der Waals surface area contributed by atoms with Crippen LogP contribution in [-0.2, 0) is 4.74 Å². The normalized spacial score (nSPS) is 24.8. The van der Waals surface area contributed by atoms with Crippen LogP contribution in [0.1, 0.15) is 19.3 Å². The number of nitrogens with one attached hydrogen (secondary N) is 1. The van der Waals surface area contributed by atoms with Crippen LogP contribution in [-0.4, -0.2) is 62.0 Å². The van der Waals surface area contributed by atoms with Gasteiger partial charge in [-0.3, -0.25) is 4.90 Å². The van der Waals surface area contributed by atoms with Gasteiger partial charge in [-0.15, -0.1) is 0 Å². The highest BCUT2D eigenvalue weighted by molar-refractivity contribution is 5.67. The molecule has 18 heavy (non-hydrogen) atoms. The number of nitrogens with zero attached hydrogens (tertiary/aromatic N) is 1. The number of nitrogens with two attached hydrogens (primary N) is 1. The quantitative estimate of drug-likeness (QED) is 0.613. The molecule has 1 fully saturated rings. The molecule has 1 saturated heterocycles. The molecule has 6 nitrogen and oxygen atoms in total. The number of likely N-dealkylation sites (tertiary alicyclic amines) is 1. The predicted octanol–water partition coefficient (Wildman–Crippen LogP) is -0.236. The summed E-state index contributed by atoms with van der Waals surface area (Å²) < 4.78 is 4.63. The first-order valence-electron chi connectivity index (χ1n) is 6.57. The van der Waals surface area contributed by atoms with Crippen molar-refractivity contribution >= 4 is 6.09 Å². The molecule has 0 aliphatic carbocycles. The van der Waals surface area contributed by atoms with E-state index in [1.807, 2.05) is 0 Å². The lowest BCUT2D eigenvalue weighted by Gasteiger charge is -2.37. The van der Waals surface area contributed by atoms with Crippen LogP contribution in [0.3, 0.4) is 0 Å². The molecule has 1 aliphatic rings. The number of hydrogen-bond acceptors (Lipinski definition) is 5. The van der Waals surface area contributed by atoms with E-state index in [4.69, 9.17) is 10.8 Å². The second-order valence-corrected chi connectivity index (χ2v) is 4.85. The fraction of sp³-hybridized carbons (Fsp3) is 0.917. The van der Waals surface area contributed by atoms with E-state index in [1.165, 1.54) is 7.11 Å². The average molecular weight is 259 g/mol. The number of carbonyl (C=O) groups is 1. The molecule has 1 heterocycles. The molecular weight excluding hydrogens is 234 g/mol. The molecule has 0 radical (unpaired) electrons. The molecule has 0 saturated carbocycles. The monoisotopic (exact) mass is 259 g/mol. The van der Waals surface area contributed by atoms with Gasteiger partial charge in [-0.25, -0.2) is 4.79 Å². The molecule has 106 valence electrons. The van der Waals surface area contributed by atoms with Gasteiger partial charge in [-0.2, -0.15) is 0 Å². The van der Waals surface area contributed by atoms with Gasteiger partial charge < -0.3 is 20.9 Å². The fourth-order valence-electron chi connectivity index (χ4n) is 2.59. The molecule has 0 bridgehead atoms. The smallest absolute Gasteiger partial charge is 0.407 e. The van der Waals surface area contributed by atoms with E-state index in [1.54, 1.807) is 0 Å². The maximum atomic E-state index is 11.2. The van der Waals surface area contributed by atoms with Crippen LogP contribution in [0.4, 0.5) is 4.79 Å². The van der Waals surface area contributed by atoms with Crippen LogP contribution >= 0.6 is 0 Å². The van der Waals surface area contributed by atoms with Gasteiger partial charge in [0.05, 0.1) is 7.11 Å². The Labute approximate surface area is 108 Å². The number of methoxy groups -OCH3 is 1. The van der Waals surface area contributed by atoms with Crippen LogP contribution in [0, 0.1) is 5.92 Å². The Hall–Kier alpha value is -0.850. The highest BCUT2D eigenvalue weighted by Gasteiger charge is 2.27. The topological polar surface area (TPSA) is 87.8 Å². The summed E-state index contributed by atoms with van der Waals surface area (Å²) in [5, 5.41) is 11.7. The number of carbonyl (C=O) groups excluding carboxylic acids is 1. The first kappa shape index (κ1) is 15.2. The molecule has 2 atom stereocenters. The minimum Gasteiger partial charge on any atom is -0.453 e. The van der Waals surface area contributed by atoms with Crippen molar-refractivity contribution in [3.63, 3.8) is 0 Å². The Bertz CT molecular complexity index is 251. The average Bonchev–Trinajstić information content (AvgIpc) is 2.36. The van der Waals surface area contributed by atoms with E-state index in [0.717, 1.165) is 38.9 Å². The molecular formula is C12H25N3O3. The third-order valence-electron chi connectivity index (χ3n) is 3.34. The van der Waals surface area contributed by atoms with Crippen LogP contribution < -0.4 is 11.1 Å². The second kappa shape index (κ2) is 8.29. The lowest BCUT2D eigenvalue weighted by molar-refractivity contribution is 0.120. The summed E-state index contributed by atoms with van der Waals surface area (Å²) in [5.74, 6) is 0.500. The number of aliphatic hydroxyl groups excluding tert-OH is 1. The van der Waals surface area contributed by atoms with Gasteiger partial charge >= 0.3 is 6.09 Å². The second-order valence-electron chi connectivity index (χ2n) is 4.85. The lowest BCUT2D eigenvalue weighted by atomic mass is 9.90. The lowest BCUT2D eigenvalue weighted by Crippen LogP contribution is -2.51. The van der Waals surface area contributed by atoms with E-state index < -0.39 is 0 Å². The molecule has 4 N–H and O–H groups in total. The molecule has 2 unspecified atom stereocenters. The SMILES string of the molecule is COC(=O)NC1CC(CCCO)CN(CCN)C1. The van der Waals surface area contributed by atoms with Crippen molar-refractivity contribution in [3.8, 4) is 0 Å². The van der Waals surface area contributed by atoms with Crippen LogP contribution in [0.2, 0.25) is 0 Å². The van der Waals surface area contributed by atoms with Gasteiger partial charge in [0.2, 0.25) is 0 Å². The molecule has 1 rings (SSSR count). The van der Waals surface area contributed by atoms with E-state index >= 15 is 0 Å². The van der Waals surface area contributed by atoms with Crippen molar-refractivity contribution < 1.29 is 14.6 Å². The summed E-state index contributed by atoms with van der Waals surface area (Å²) in [7, 11) is 1.37. The number of hydrogen-bond donors (Lipinski definition) is 3. The van der Waals surface area contributed by atoms with E-state index in [0.29, 0.717) is 12.5 Å². The molecule has 0 aromatic rings. The Morgan fingerprint density at radius 2 is 2.33 bits per heavy atom. The Kier molecular flexibility index (Phi) is 7.00. The first-order valence-corrected chi connectivity index (χ1v) is 6.57. The Morgan fingerprint density at radius 3 is 2.94 bits per heavy atom. The zero-order valence-corrected chi connectivity index (χ0v) is 11.1. The summed E-state index contributed by atoms with van der Waals surface area (Å²) >= 11 is 0. The Balaban J connectivity index is 2.47. The van der Waals surface area contributed by atoms with E-state index in [-0.39, 0.29) is 18.7 Å². The molecule has 0 spiro atoms. The summed E-state index contributed by atoms with van der Waals surface area (Å²) in [6.45, 7) is 3.51. The van der Waals surface area contributed by atoms with E-state index in [2.05, 4.69) is 15.0 Å².